The quantitative estimate of drug-likeness (QED) is 0.716. The Morgan fingerprint density at radius 1 is 1.43 bits per heavy atom. The smallest absolute Gasteiger partial charge is 0.224 e. The van der Waals surface area contributed by atoms with Crippen molar-refractivity contribution < 1.29 is 14.3 Å². The number of para-hydroxylation sites is 1. The van der Waals surface area contributed by atoms with E-state index in [1.165, 1.54) is 0 Å². The number of hydrogen-bond acceptors (Lipinski definition) is 4. The molecule has 1 amide bonds. The molecule has 0 heterocycles. The molecule has 0 bridgehead atoms. The number of amides is 1. The SMILES string of the molecule is COCCOc1c(Cl)cccc1NC(=O)CCC(C)N.Cl. The summed E-state index contributed by atoms with van der Waals surface area (Å²) >= 11 is 6.08. The van der Waals surface area contributed by atoms with Gasteiger partial charge in [0.25, 0.3) is 0 Å². The van der Waals surface area contributed by atoms with E-state index in [2.05, 4.69) is 5.32 Å². The Kier molecular flexibility index (Phi) is 10.2. The van der Waals surface area contributed by atoms with Gasteiger partial charge in [-0.25, -0.2) is 0 Å². The summed E-state index contributed by atoms with van der Waals surface area (Å²) in [6.07, 6.45) is 0.994. The van der Waals surface area contributed by atoms with Gasteiger partial charge in [-0.05, 0) is 25.5 Å². The van der Waals surface area contributed by atoms with Crippen molar-refractivity contribution >= 4 is 35.6 Å². The predicted octanol–water partition coefficient (Wildman–Crippen LogP) is 2.85. The zero-order valence-corrected chi connectivity index (χ0v) is 13.8. The summed E-state index contributed by atoms with van der Waals surface area (Å²) in [5.41, 5.74) is 6.19. The van der Waals surface area contributed by atoms with Crippen LogP contribution in [0.5, 0.6) is 5.75 Å². The molecule has 120 valence electrons. The first kappa shape index (κ1) is 20.0. The van der Waals surface area contributed by atoms with Crippen LogP contribution in [-0.2, 0) is 9.53 Å². The highest BCUT2D eigenvalue weighted by molar-refractivity contribution is 6.32. The van der Waals surface area contributed by atoms with E-state index in [-0.39, 0.29) is 24.4 Å². The molecule has 0 aliphatic rings. The van der Waals surface area contributed by atoms with Crippen molar-refractivity contribution in [1.82, 2.24) is 0 Å². The number of carbonyl (C=O) groups excluding carboxylic acids is 1. The number of anilines is 1. The number of nitrogens with one attached hydrogen (secondary N) is 1. The zero-order valence-electron chi connectivity index (χ0n) is 12.2. The van der Waals surface area contributed by atoms with Crippen LogP contribution in [0.4, 0.5) is 5.69 Å². The maximum absolute atomic E-state index is 11.8. The second-order valence-electron chi connectivity index (χ2n) is 4.52. The van der Waals surface area contributed by atoms with Crippen LogP contribution >= 0.6 is 24.0 Å². The van der Waals surface area contributed by atoms with Gasteiger partial charge in [-0.3, -0.25) is 4.79 Å². The first-order chi connectivity index (χ1) is 9.54. The van der Waals surface area contributed by atoms with E-state index >= 15 is 0 Å². The van der Waals surface area contributed by atoms with Crippen LogP contribution in [-0.4, -0.2) is 32.3 Å². The number of hydrogen-bond donors (Lipinski definition) is 2. The predicted molar refractivity (Wildman–Crippen MR) is 87.6 cm³/mol. The van der Waals surface area contributed by atoms with E-state index in [1.54, 1.807) is 25.3 Å². The van der Waals surface area contributed by atoms with Crippen LogP contribution < -0.4 is 15.8 Å². The van der Waals surface area contributed by atoms with E-state index in [4.69, 9.17) is 26.8 Å². The minimum Gasteiger partial charge on any atom is -0.487 e. The van der Waals surface area contributed by atoms with Gasteiger partial charge in [0, 0.05) is 19.6 Å². The molecular formula is C14H22Cl2N2O3. The third kappa shape index (κ3) is 7.52. The lowest BCUT2D eigenvalue weighted by Crippen LogP contribution is -2.20. The Labute approximate surface area is 136 Å². The summed E-state index contributed by atoms with van der Waals surface area (Å²) in [6.45, 7) is 2.68. The van der Waals surface area contributed by atoms with Gasteiger partial charge in [0.1, 0.15) is 6.61 Å². The molecule has 1 atom stereocenters. The van der Waals surface area contributed by atoms with Crippen molar-refractivity contribution in [2.45, 2.75) is 25.8 Å². The third-order valence-electron chi connectivity index (χ3n) is 2.60. The fourth-order valence-corrected chi connectivity index (χ4v) is 1.78. The number of nitrogens with two attached hydrogens (primary N) is 1. The molecule has 0 aliphatic carbocycles. The lowest BCUT2D eigenvalue weighted by molar-refractivity contribution is -0.116. The third-order valence-corrected chi connectivity index (χ3v) is 2.90. The van der Waals surface area contributed by atoms with Gasteiger partial charge in [0.2, 0.25) is 5.91 Å². The average Bonchev–Trinajstić information content (AvgIpc) is 2.39. The van der Waals surface area contributed by atoms with Crippen LogP contribution in [0.1, 0.15) is 19.8 Å². The van der Waals surface area contributed by atoms with Gasteiger partial charge < -0.3 is 20.5 Å². The summed E-state index contributed by atoms with van der Waals surface area (Å²) in [5, 5.41) is 3.24. The maximum Gasteiger partial charge on any atom is 0.224 e. The Balaban J connectivity index is 0.00000400. The Morgan fingerprint density at radius 3 is 2.76 bits per heavy atom. The molecular weight excluding hydrogens is 315 g/mol. The number of carbonyl (C=O) groups is 1. The highest BCUT2D eigenvalue weighted by Gasteiger charge is 2.11. The second-order valence-corrected chi connectivity index (χ2v) is 4.93. The normalized spacial score (nSPS) is 11.4. The highest BCUT2D eigenvalue weighted by Crippen LogP contribution is 2.33. The Morgan fingerprint density at radius 2 is 2.14 bits per heavy atom. The summed E-state index contributed by atoms with van der Waals surface area (Å²) in [6, 6.07) is 5.21. The molecule has 0 fully saturated rings. The molecule has 5 nitrogen and oxygen atoms in total. The zero-order chi connectivity index (χ0) is 15.0. The van der Waals surface area contributed by atoms with Crippen LogP contribution in [0.2, 0.25) is 5.02 Å². The lowest BCUT2D eigenvalue weighted by Gasteiger charge is -2.14. The molecule has 1 rings (SSSR count). The van der Waals surface area contributed by atoms with Crippen molar-refractivity contribution in [2.75, 3.05) is 25.6 Å². The van der Waals surface area contributed by atoms with Crippen molar-refractivity contribution in [3.05, 3.63) is 23.2 Å². The van der Waals surface area contributed by atoms with Gasteiger partial charge in [0.05, 0.1) is 17.3 Å². The van der Waals surface area contributed by atoms with E-state index in [0.29, 0.717) is 42.5 Å². The van der Waals surface area contributed by atoms with Gasteiger partial charge in [0.15, 0.2) is 5.75 Å². The summed E-state index contributed by atoms with van der Waals surface area (Å²) in [4.78, 5) is 11.8. The molecule has 0 saturated carbocycles. The van der Waals surface area contributed by atoms with Gasteiger partial charge in [-0.2, -0.15) is 0 Å². The van der Waals surface area contributed by atoms with Gasteiger partial charge in [-0.1, -0.05) is 17.7 Å². The lowest BCUT2D eigenvalue weighted by atomic mass is 10.2. The van der Waals surface area contributed by atoms with Crippen molar-refractivity contribution in [1.29, 1.82) is 0 Å². The van der Waals surface area contributed by atoms with Crippen LogP contribution in [0.3, 0.4) is 0 Å². The standard InChI is InChI=1S/C14H21ClN2O3.ClH/c1-10(16)6-7-13(18)17-12-5-3-4-11(15)14(12)20-9-8-19-2;/h3-5,10H,6-9,16H2,1-2H3,(H,17,18);1H. The fourth-order valence-electron chi connectivity index (χ4n) is 1.55. The molecule has 3 N–H and O–H groups in total. The molecule has 0 spiro atoms. The number of rotatable bonds is 8. The number of ether oxygens (including phenoxy) is 2. The molecule has 21 heavy (non-hydrogen) atoms. The monoisotopic (exact) mass is 336 g/mol. The first-order valence-corrected chi connectivity index (χ1v) is 6.88. The second kappa shape index (κ2) is 10.7. The number of benzene rings is 1. The van der Waals surface area contributed by atoms with Crippen LogP contribution in [0.25, 0.3) is 0 Å². The van der Waals surface area contributed by atoms with E-state index < -0.39 is 0 Å². The minimum absolute atomic E-state index is 0. The summed E-state index contributed by atoms with van der Waals surface area (Å²) in [5.74, 6) is 0.349. The van der Waals surface area contributed by atoms with Gasteiger partial charge >= 0.3 is 0 Å². The molecule has 0 aromatic heterocycles. The van der Waals surface area contributed by atoms with E-state index in [1.807, 2.05) is 6.92 Å². The van der Waals surface area contributed by atoms with Crippen LogP contribution in [0, 0.1) is 0 Å². The van der Waals surface area contributed by atoms with E-state index in [9.17, 15) is 4.79 Å². The van der Waals surface area contributed by atoms with Crippen molar-refractivity contribution in [3.63, 3.8) is 0 Å². The number of halogens is 2. The molecule has 7 heteroatoms. The molecule has 1 unspecified atom stereocenters. The molecule has 1 aromatic rings. The molecule has 0 aliphatic heterocycles. The summed E-state index contributed by atoms with van der Waals surface area (Å²) < 4.78 is 10.5. The Bertz CT molecular complexity index is 442. The molecule has 0 saturated heterocycles. The van der Waals surface area contributed by atoms with Crippen molar-refractivity contribution in [2.24, 2.45) is 5.73 Å². The topological polar surface area (TPSA) is 73.6 Å². The first-order valence-electron chi connectivity index (χ1n) is 6.50. The molecule has 1 aromatic carbocycles. The largest absolute Gasteiger partial charge is 0.487 e. The minimum atomic E-state index is -0.110. The van der Waals surface area contributed by atoms with Crippen molar-refractivity contribution in [3.8, 4) is 5.75 Å². The van der Waals surface area contributed by atoms with E-state index in [0.717, 1.165) is 0 Å². The Hall–Kier alpha value is -1.01. The van der Waals surface area contributed by atoms with Gasteiger partial charge in [-0.15, -0.1) is 12.4 Å². The maximum atomic E-state index is 11.8. The highest BCUT2D eigenvalue weighted by atomic mass is 35.5. The average molecular weight is 337 g/mol. The number of methoxy groups -OCH3 is 1. The molecule has 0 radical (unpaired) electrons. The fraction of sp³-hybridized carbons (Fsp3) is 0.500. The summed E-state index contributed by atoms with van der Waals surface area (Å²) in [7, 11) is 1.59. The van der Waals surface area contributed by atoms with Crippen LogP contribution in [0.15, 0.2) is 18.2 Å².